The van der Waals surface area contributed by atoms with Crippen LogP contribution in [0.4, 0.5) is 5.69 Å². The number of amides is 1. The van der Waals surface area contributed by atoms with E-state index >= 15 is 0 Å². The number of benzene rings is 1. The van der Waals surface area contributed by atoms with Gasteiger partial charge in [-0.3, -0.25) is 14.5 Å². The van der Waals surface area contributed by atoms with Crippen LogP contribution in [0.1, 0.15) is 59.9 Å². The fraction of sp³-hybridized carbons (Fsp3) is 0.571. The Balaban J connectivity index is 2.28. The molecule has 2 rings (SSSR count). The number of fused-ring (bicyclic) bond motifs is 1. The van der Waals surface area contributed by atoms with Crippen molar-refractivity contribution in [3.63, 3.8) is 0 Å². The number of hydrogen-bond acceptors (Lipinski definition) is 5. The van der Waals surface area contributed by atoms with Crippen molar-refractivity contribution in [3.05, 3.63) is 28.2 Å². The average Bonchev–Trinajstić information content (AvgIpc) is 2.79. The first-order chi connectivity index (χ1) is 12.8. The lowest BCUT2D eigenvalue weighted by molar-refractivity contribution is -0.158. The van der Waals surface area contributed by atoms with Gasteiger partial charge in [0, 0.05) is 16.6 Å². The van der Waals surface area contributed by atoms with Crippen LogP contribution in [-0.2, 0) is 30.3 Å². The molecule has 0 radical (unpaired) electrons. The molecule has 0 saturated heterocycles. The number of nitrogens with zero attached hydrogens (tertiary/aromatic N) is 1. The Labute approximate surface area is 174 Å². The molecule has 7 heteroatoms. The SMILES string of the molecule is CC(C)(C)OC(=O)CCC(C(=O)OC(C)(C)C)N1C(=O)Cc2cc(Br)ccc21. The second-order valence-corrected chi connectivity index (χ2v) is 9.80. The largest absolute Gasteiger partial charge is 0.460 e. The van der Waals surface area contributed by atoms with Crippen molar-refractivity contribution in [1.82, 2.24) is 0 Å². The number of rotatable bonds is 5. The molecular weight excluding hydrogens is 426 g/mol. The van der Waals surface area contributed by atoms with Gasteiger partial charge in [0.05, 0.1) is 6.42 Å². The Morgan fingerprint density at radius 1 is 1.11 bits per heavy atom. The van der Waals surface area contributed by atoms with Crippen molar-refractivity contribution in [2.45, 2.75) is 78.0 Å². The normalized spacial score (nSPS) is 15.2. The molecule has 28 heavy (non-hydrogen) atoms. The maximum Gasteiger partial charge on any atom is 0.329 e. The van der Waals surface area contributed by atoms with E-state index in [-0.39, 0.29) is 25.2 Å². The molecule has 0 fully saturated rings. The van der Waals surface area contributed by atoms with Crippen molar-refractivity contribution in [2.24, 2.45) is 0 Å². The maximum absolute atomic E-state index is 12.9. The first-order valence-corrected chi connectivity index (χ1v) is 10.1. The molecule has 0 N–H and O–H groups in total. The average molecular weight is 454 g/mol. The van der Waals surface area contributed by atoms with Gasteiger partial charge in [-0.2, -0.15) is 0 Å². The van der Waals surface area contributed by atoms with E-state index < -0.39 is 29.2 Å². The van der Waals surface area contributed by atoms with Crippen molar-refractivity contribution in [3.8, 4) is 0 Å². The van der Waals surface area contributed by atoms with Crippen LogP contribution in [0.2, 0.25) is 0 Å². The van der Waals surface area contributed by atoms with Crippen LogP contribution in [0, 0.1) is 0 Å². The van der Waals surface area contributed by atoms with Crippen molar-refractivity contribution < 1.29 is 23.9 Å². The summed E-state index contributed by atoms with van der Waals surface area (Å²) in [5.74, 6) is -1.13. The molecule has 154 valence electrons. The topological polar surface area (TPSA) is 72.9 Å². The highest BCUT2D eigenvalue weighted by molar-refractivity contribution is 9.10. The molecular formula is C21H28BrNO5. The molecule has 1 aromatic rings. The first-order valence-electron chi connectivity index (χ1n) is 9.32. The predicted molar refractivity (Wildman–Crippen MR) is 110 cm³/mol. The van der Waals surface area contributed by atoms with Crippen LogP contribution in [0.5, 0.6) is 0 Å². The Kier molecular flexibility index (Phi) is 6.58. The number of anilines is 1. The van der Waals surface area contributed by atoms with E-state index in [9.17, 15) is 14.4 Å². The molecule has 1 aliphatic rings. The second kappa shape index (κ2) is 8.23. The number of esters is 2. The summed E-state index contributed by atoms with van der Waals surface area (Å²) < 4.78 is 11.7. The minimum absolute atomic E-state index is 0.0107. The lowest BCUT2D eigenvalue weighted by Gasteiger charge is -2.30. The molecule has 0 bridgehead atoms. The number of hydrogen-bond donors (Lipinski definition) is 0. The molecule has 6 nitrogen and oxygen atoms in total. The van der Waals surface area contributed by atoms with Gasteiger partial charge < -0.3 is 9.47 Å². The van der Waals surface area contributed by atoms with Crippen LogP contribution in [0.15, 0.2) is 22.7 Å². The zero-order valence-electron chi connectivity index (χ0n) is 17.3. The minimum Gasteiger partial charge on any atom is -0.460 e. The van der Waals surface area contributed by atoms with Crippen LogP contribution < -0.4 is 4.90 Å². The van der Waals surface area contributed by atoms with Gasteiger partial charge in [-0.25, -0.2) is 4.79 Å². The fourth-order valence-electron chi connectivity index (χ4n) is 3.02. The predicted octanol–water partition coefficient (Wildman–Crippen LogP) is 4.17. The lowest BCUT2D eigenvalue weighted by atomic mass is 10.1. The Morgan fingerprint density at radius 2 is 1.71 bits per heavy atom. The molecule has 1 aromatic carbocycles. The zero-order valence-corrected chi connectivity index (χ0v) is 18.9. The summed E-state index contributed by atoms with van der Waals surface area (Å²) in [6, 6.07) is 4.61. The third-order valence-electron chi connectivity index (χ3n) is 3.94. The van der Waals surface area contributed by atoms with E-state index in [0.717, 1.165) is 10.0 Å². The van der Waals surface area contributed by atoms with E-state index in [1.807, 2.05) is 12.1 Å². The van der Waals surface area contributed by atoms with E-state index in [2.05, 4.69) is 15.9 Å². The van der Waals surface area contributed by atoms with E-state index in [1.54, 1.807) is 47.6 Å². The number of halogens is 1. The van der Waals surface area contributed by atoms with Crippen LogP contribution >= 0.6 is 15.9 Å². The van der Waals surface area contributed by atoms with E-state index in [4.69, 9.17) is 9.47 Å². The van der Waals surface area contributed by atoms with Crippen LogP contribution in [0.3, 0.4) is 0 Å². The summed E-state index contributed by atoms with van der Waals surface area (Å²) in [6.07, 6.45) is 0.350. The molecule has 1 atom stereocenters. The molecule has 1 unspecified atom stereocenters. The Bertz CT molecular complexity index is 776. The first kappa shape index (κ1) is 22.4. The lowest BCUT2D eigenvalue weighted by Crippen LogP contribution is -2.46. The standard InChI is InChI=1S/C21H28BrNO5/c1-20(2,3)27-18(25)10-9-16(19(26)28-21(4,5)6)23-15-8-7-14(22)11-13(15)12-17(23)24/h7-8,11,16H,9-10,12H2,1-6H3. The Hall–Kier alpha value is -1.89. The highest BCUT2D eigenvalue weighted by Gasteiger charge is 2.39. The summed E-state index contributed by atoms with van der Waals surface area (Å²) in [7, 11) is 0. The third-order valence-corrected chi connectivity index (χ3v) is 4.44. The Morgan fingerprint density at radius 3 is 2.29 bits per heavy atom. The molecule has 0 saturated carbocycles. The summed E-state index contributed by atoms with van der Waals surface area (Å²) >= 11 is 3.41. The molecule has 0 spiro atoms. The van der Waals surface area contributed by atoms with Gasteiger partial charge in [0.25, 0.3) is 0 Å². The van der Waals surface area contributed by atoms with Gasteiger partial charge in [0.1, 0.15) is 17.2 Å². The van der Waals surface area contributed by atoms with Gasteiger partial charge in [0.2, 0.25) is 5.91 Å². The van der Waals surface area contributed by atoms with Gasteiger partial charge >= 0.3 is 11.9 Å². The number of carbonyl (C=O) groups is 3. The molecule has 1 heterocycles. The second-order valence-electron chi connectivity index (χ2n) is 8.89. The summed E-state index contributed by atoms with van der Waals surface area (Å²) in [5.41, 5.74) is 0.200. The van der Waals surface area contributed by atoms with Crippen LogP contribution in [0.25, 0.3) is 0 Å². The van der Waals surface area contributed by atoms with E-state index in [0.29, 0.717) is 5.69 Å². The molecule has 1 aliphatic heterocycles. The maximum atomic E-state index is 12.9. The molecule has 0 aromatic heterocycles. The number of carbonyl (C=O) groups excluding carboxylic acids is 3. The van der Waals surface area contributed by atoms with E-state index in [1.165, 1.54) is 4.90 Å². The summed E-state index contributed by atoms with van der Waals surface area (Å²) in [6.45, 7) is 10.7. The van der Waals surface area contributed by atoms with Crippen molar-refractivity contribution in [2.75, 3.05) is 4.90 Å². The molecule has 0 aliphatic carbocycles. The van der Waals surface area contributed by atoms with Crippen molar-refractivity contribution >= 4 is 39.5 Å². The van der Waals surface area contributed by atoms with Crippen LogP contribution in [-0.4, -0.2) is 35.1 Å². The molecule has 1 amide bonds. The number of ether oxygens (including phenoxy) is 2. The monoisotopic (exact) mass is 453 g/mol. The van der Waals surface area contributed by atoms with Gasteiger partial charge in [0.15, 0.2) is 0 Å². The summed E-state index contributed by atoms with van der Waals surface area (Å²) in [5, 5.41) is 0. The fourth-order valence-corrected chi connectivity index (χ4v) is 3.43. The zero-order chi connectivity index (χ0) is 21.3. The van der Waals surface area contributed by atoms with Crippen molar-refractivity contribution in [1.29, 1.82) is 0 Å². The third kappa shape index (κ3) is 6.06. The highest BCUT2D eigenvalue weighted by atomic mass is 79.9. The minimum atomic E-state index is -0.887. The quantitative estimate of drug-likeness (QED) is 0.625. The highest BCUT2D eigenvalue weighted by Crippen LogP contribution is 2.34. The smallest absolute Gasteiger partial charge is 0.329 e. The van der Waals surface area contributed by atoms with Gasteiger partial charge in [-0.1, -0.05) is 15.9 Å². The van der Waals surface area contributed by atoms with Gasteiger partial charge in [-0.15, -0.1) is 0 Å². The van der Waals surface area contributed by atoms with Gasteiger partial charge in [-0.05, 0) is 71.7 Å². The summed E-state index contributed by atoms with van der Waals surface area (Å²) in [4.78, 5) is 39.2.